The molecule has 5 rings (SSSR count). The van der Waals surface area contributed by atoms with Crippen molar-refractivity contribution in [1.82, 2.24) is 24.5 Å². The molecule has 0 bridgehead atoms. The molecule has 0 aliphatic carbocycles. The largest absolute Gasteiger partial charge is 0.364 e. The third-order valence-corrected chi connectivity index (χ3v) is 5.15. The molecule has 2 aliphatic rings. The highest BCUT2D eigenvalue weighted by Crippen LogP contribution is 2.43. The summed E-state index contributed by atoms with van der Waals surface area (Å²) in [5.41, 5.74) is 2.91. The highest BCUT2D eigenvalue weighted by atomic mass is 16.5. The van der Waals surface area contributed by atoms with Crippen molar-refractivity contribution in [2.24, 2.45) is 0 Å². The first-order valence-electron chi connectivity index (χ1n) is 8.36. The maximum absolute atomic E-state index is 12.9. The topological polar surface area (TPSA) is 72.6 Å². The molecule has 2 aromatic heterocycles. The van der Waals surface area contributed by atoms with E-state index in [1.165, 1.54) is 11.1 Å². The van der Waals surface area contributed by atoms with Crippen LogP contribution in [0.25, 0.3) is 5.78 Å². The van der Waals surface area contributed by atoms with E-state index in [1.54, 1.807) is 15.6 Å². The van der Waals surface area contributed by atoms with E-state index in [0.29, 0.717) is 25.5 Å². The number of aryl methyl sites for hydroxylation is 1. The van der Waals surface area contributed by atoms with Gasteiger partial charge in [-0.3, -0.25) is 4.79 Å². The number of amides is 1. The fourth-order valence-electron chi connectivity index (χ4n) is 3.82. The second kappa shape index (κ2) is 5.10. The van der Waals surface area contributed by atoms with Crippen molar-refractivity contribution in [1.29, 1.82) is 0 Å². The van der Waals surface area contributed by atoms with E-state index in [1.807, 2.05) is 25.1 Å². The van der Waals surface area contributed by atoms with Crippen molar-refractivity contribution in [2.75, 3.05) is 13.1 Å². The van der Waals surface area contributed by atoms with Crippen LogP contribution in [0.4, 0.5) is 0 Å². The zero-order valence-electron chi connectivity index (χ0n) is 13.8. The normalized spacial score (nSPS) is 22.0. The monoisotopic (exact) mass is 335 g/mol. The average Bonchev–Trinajstić information content (AvgIpc) is 3.34. The highest BCUT2D eigenvalue weighted by molar-refractivity contribution is 5.91. The van der Waals surface area contributed by atoms with Crippen molar-refractivity contribution >= 4 is 11.7 Å². The van der Waals surface area contributed by atoms with Crippen LogP contribution in [-0.4, -0.2) is 43.5 Å². The standard InChI is InChI=1S/C18H17N5O2/c1-12-6-8-19-17-20-15(21-23(12)17)16(24)22-9-7-18(11-22)14-5-3-2-4-13(14)10-25-18/h2-6,8H,7,9-11H2,1H3/t18-/m0/s1. The van der Waals surface area contributed by atoms with E-state index >= 15 is 0 Å². The van der Waals surface area contributed by atoms with E-state index in [4.69, 9.17) is 4.74 Å². The number of fused-ring (bicyclic) bond motifs is 3. The van der Waals surface area contributed by atoms with E-state index in [-0.39, 0.29) is 17.3 Å². The molecule has 2 aliphatic heterocycles. The Bertz CT molecular complexity index is 998. The fourth-order valence-corrected chi connectivity index (χ4v) is 3.82. The summed E-state index contributed by atoms with van der Waals surface area (Å²) in [6.07, 6.45) is 2.46. The summed E-state index contributed by atoms with van der Waals surface area (Å²) in [7, 11) is 0. The lowest BCUT2D eigenvalue weighted by molar-refractivity contribution is -0.0283. The molecular formula is C18H17N5O2. The number of nitrogens with zero attached hydrogens (tertiary/aromatic N) is 5. The minimum Gasteiger partial charge on any atom is -0.364 e. The van der Waals surface area contributed by atoms with Gasteiger partial charge in [-0.05, 0) is 30.5 Å². The van der Waals surface area contributed by atoms with Gasteiger partial charge in [0.15, 0.2) is 0 Å². The Balaban J connectivity index is 1.45. The number of hydrogen-bond acceptors (Lipinski definition) is 5. The second-order valence-electron chi connectivity index (χ2n) is 6.65. The molecule has 1 spiro atoms. The molecule has 3 aromatic rings. The van der Waals surface area contributed by atoms with Gasteiger partial charge >= 0.3 is 0 Å². The number of carbonyl (C=O) groups excluding carboxylic acids is 1. The summed E-state index contributed by atoms with van der Waals surface area (Å²) in [6.45, 7) is 3.68. The highest BCUT2D eigenvalue weighted by Gasteiger charge is 2.47. The number of ether oxygens (including phenoxy) is 1. The number of rotatable bonds is 1. The lowest BCUT2D eigenvalue weighted by Crippen LogP contribution is -2.34. The van der Waals surface area contributed by atoms with Crippen molar-refractivity contribution in [3.8, 4) is 0 Å². The van der Waals surface area contributed by atoms with E-state index in [0.717, 1.165) is 12.1 Å². The van der Waals surface area contributed by atoms with Crippen LogP contribution in [-0.2, 0) is 16.9 Å². The Morgan fingerprint density at radius 3 is 3.04 bits per heavy atom. The van der Waals surface area contributed by atoms with Gasteiger partial charge in [0.25, 0.3) is 11.7 Å². The van der Waals surface area contributed by atoms with E-state index in [2.05, 4.69) is 27.2 Å². The van der Waals surface area contributed by atoms with Crippen LogP contribution in [0.2, 0.25) is 0 Å². The fraction of sp³-hybridized carbons (Fsp3) is 0.333. The van der Waals surface area contributed by atoms with Gasteiger partial charge in [0.2, 0.25) is 5.82 Å². The first-order valence-corrected chi connectivity index (χ1v) is 8.36. The number of hydrogen-bond donors (Lipinski definition) is 0. The molecule has 7 heteroatoms. The van der Waals surface area contributed by atoms with Gasteiger partial charge in [-0.2, -0.15) is 4.98 Å². The maximum atomic E-state index is 12.9. The Morgan fingerprint density at radius 1 is 1.28 bits per heavy atom. The van der Waals surface area contributed by atoms with Gasteiger partial charge in [-0.25, -0.2) is 9.50 Å². The molecule has 0 saturated carbocycles. The average molecular weight is 335 g/mol. The predicted molar refractivity (Wildman–Crippen MR) is 88.9 cm³/mol. The van der Waals surface area contributed by atoms with Crippen LogP contribution in [0.1, 0.15) is 33.9 Å². The van der Waals surface area contributed by atoms with Crippen LogP contribution >= 0.6 is 0 Å². The minimum absolute atomic E-state index is 0.172. The van der Waals surface area contributed by atoms with Crippen LogP contribution in [0.15, 0.2) is 36.5 Å². The summed E-state index contributed by atoms with van der Waals surface area (Å²) in [6, 6.07) is 10.1. The molecule has 1 fully saturated rings. The Kier molecular flexibility index (Phi) is 2.96. The summed E-state index contributed by atoms with van der Waals surface area (Å²) < 4.78 is 7.71. The zero-order chi connectivity index (χ0) is 17.0. The molecule has 1 amide bonds. The molecule has 0 N–H and O–H groups in total. The smallest absolute Gasteiger partial charge is 0.293 e. The Morgan fingerprint density at radius 2 is 2.16 bits per heavy atom. The van der Waals surface area contributed by atoms with Crippen molar-refractivity contribution in [3.05, 3.63) is 59.2 Å². The minimum atomic E-state index is -0.389. The van der Waals surface area contributed by atoms with Gasteiger partial charge in [0.05, 0.1) is 13.2 Å². The van der Waals surface area contributed by atoms with E-state index < -0.39 is 0 Å². The van der Waals surface area contributed by atoms with Gasteiger partial charge in [-0.15, -0.1) is 5.10 Å². The molecule has 7 nitrogen and oxygen atoms in total. The summed E-state index contributed by atoms with van der Waals surface area (Å²) in [5.74, 6) is 0.458. The lowest BCUT2D eigenvalue weighted by atomic mass is 9.92. The molecule has 1 aromatic carbocycles. The Labute approximate surface area is 144 Å². The quantitative estimate of drug-likeness (QED) is 0.677. The summed E-state index contributed by atoms with van der Waals surface area (Å²) in [5, 5.41) is 4.33. The van der Waals surface area contributed by atoms with Gasteiger partial charge in [0.1, 0.15) is 5.60 Å². The first-order chi connectivity index (χ1) is 12.2. The van der Waals surface area contributed by atoms with Crippen LogP contribution < -0.4 is 0 Å². The van der Waals surface area contributed by atoms with Gasteiger partial charge < -0.3 is 9.64 Å². The summed E-state index contributed by atoms with van der Waals surface area (Å²) in [4.78, 5) is 23.1. The second-order valence-corrected chi connectivity index (χ2v) is 6.65. The lowest BCUT2D eigenvalue weighted by Gasteiger charge is -2.24. The third-order valence-electron chi connectivity index (χ3n) is 5.15. The van der Waals surface area contributed by atoms with Crippen molar-refractivity contribution < 1.29 is 9.53 Å². The SMILES string of the molecule is Cc1ccnc2nc(C(=O)N3CC[C@@]4(C3)OCc3ccccc34)nn12. The molecule has 4 heterocycles. The summed E-state index contributed by atoms with van der Waals surface area (Å²) >= 11 is 0. The molecule has 0 radical (unpaired) electrons. The van der Waals surface area contributed by atoms with Gasteiger partial charge in [-0.1, -0.05) is 24.3 Å². The van der Waals surface area contributed by atoms with E-state index in [9.17, 15) is 4.79 Å². The number of aromatic nitrogens is 4. The first kappa shape index (κ1) is 14.5. The van der Waals surface area contributed by atoms with Crippen LogP contribution in [0.3, 0.4) is 0 Å². The predicted octanol–water partition coefficient (Wildman–Crippen LogP) is 1.70. The number of likely N-dealkylation sites (tertiary alicyclic amines) is 1. The van der Waals surface area contributed by atoms with Gasteiger partial charge in [0, 0.05) is 18.4 Å². The van der Waals surface area contributed by atoms with Crippen molar-refractivity contribution in [3.63, 3.8) is 0 Å². The molecule has 0 unspecified atom stereocenters. The number of benzene rings is 1. The molecule has 1 atom stereocenters. The van der Waals surface area contributed by atoms with Crippen molar-refractivity contribution in [2.45, 2.75) is 25.6 Å². The third kappa shape index (κ3) is 2.09. The van der Waals surface area contributed by atoms with Crippen LogP contribution in [0, 0.1) is 6.92 Å². The molecular weight excluding hydrogens is 318 g/mol. The zero-order valence-corrected chi connectivity index (χ0v) is 13.8. The van der Waals surface area contributed by atoms with Crippen LogP contribution in [0.5, 0.6) is 0 Å². The molecule has 126 valence electrons. The number of carbonyl (C=O) groups is 1. The maximum Gasteiger partial charge on any atom is 0.293 e. The molecule has 1 saturated heterocycles. The molecule has 25 heavy (non-hydrogen) atoms. The Hall–Kier alpha value is -2.80.